The molecule has 2 heterocycles. The lowest BCUT2D eigenvalue weighted by Crippen LogP contribution is -2.20. The lowest BCUT2D eigenvalue weighted by Gasteiger charge is -2.08. The van der Waals surface area contributed by atoms with Crippen LogP contribution in [0.4, 0.5) is 11.4 Å². The maximum absolute atomic E-state index is 12.4. The fourth-order valence-electron chi connectivity index (χ4n) is 1.84. The number of carbonyl (C=O) groups excluding carboxylic acids is 2. The summed E-state index contributed by atoms with van der Waals surface area (Å²) in [7, 11) is 3.44. The minimum atomic E-state index is -0.350. The van der Waals surface area contributed by atoms with Crippen molar-refractivity contribution in [2.24, 2.45) is 14.1 Å². The molecular formula is C13H18N6O2. The Labute approximate surface area is 122 Å². The highest BCUT2D eigenvalue weighted by molar-refractivity contribution is 6.09. The van der Waals surface area contributed by atoms with Crippen LogP contribution in [0.25, 0.3) is 0 Å². The zero-order valence-electron chi connectivity index (χ0n) is 12.5. The molecule has 0 spiro atoms. The first-order valence-electron chi connectivity index (χ1n) is 6.55. The highest BCUT2D eigenvalue weighted by Gasteiger charge is 2.19. The van der Waals surface area contributed by atoms with Crippen LogP contribution in [-0.2, 0) is 18.9 Å². The third kappa shape index (κ3) is 2.93. The average molecular weight is 290 g/mol. The summed E-state index contributed by atoms with van der Waals surface area (Å²) in [6, 6.07) is 0. The molecule has 0 aliphatic carbocycles. The van der Waals surface area contributed by atoms with Crippen molar-refractivity contribution in [3.63, 3.8) is 0 Å². The maximum atomic E-state index is 12.4. The molecule has 2 N–H and O–H groups in total. The normalized spacial score (nSPS) is 10.5. The molecule has 0 aliphatic heterocycles. The molecule has 0 saturated heterocycles. The maximum Gasteiger partial charge on any atom is 0.276 e. The number of carbonyl (C=O) groups is 2. The molecule has 0 unspecified atom stereocenters. The molecule has 8 heteroatoms. The molecule has 0 saturated carbocycles. The van der Waals surface area contributed by atoms with Crippen molar-refractivity contribution in [3.05, 3.63) is 23.8 Å². The summed E-state index contributed by atoms with van der Waals surface area (Å²) in [6.07, 6.45) is 3.37. The van der Waals surface area contributed by atoms with Crippen LogP contribution < -0.4 is 10.6 Å². The van der Waals surface area contributed by atoms with Gasteiger partial charge in [0.2, 0.25) is 5.91 Å². The zero-order valence-corrected chi connectivity index (χ0v) is 12.5. The van der Waals surface area contributed by atoms with Crippen LogP contribution in [0.5, 0.6) is 0 Å². The van der Waals surface area contributed by atoms with E-state index in [2.05, 4.69) is 20.8 Å². The van der Waals surface area contributed by atoms with Gasteiger partial charge in [0, 0.05) is 20.5 Å². The number of anilines is 2. The number of nitrogens with one attached hydrogen (secondary N) is 2. The Balaban J connectivity index is 2.25. The molecule has 2 aromatic rings. The van der Waals surface area contributed by atoms with Crippen molar-refractivity contribution in [3.8, 4) is 0 Å². The number of aryl methyl sites for hydroxylation is 2. The minimum Gasteiger partial charge on any atom is -0.323 e. The molecule has 0 bridgehead atoms. The van der Waals surface area contributed by atoms with Gasteiger partial charge in [0.15, 0.2) is 0 Å². The molecule has 0 radical (unpaired) electrons. The van der Waals surface area contributed by atoms with E-state index in [9.17, 15) is 9.59 Å². The van der Waals surface area contributed by atoms with Crippen molar-refractivity contribution >= 4 is 23.2 Å². The number of hydrogen-bond donors (Lipinski definition) is 2. The molecule has 21 heavy (non-hydrogen) atoms. The number of rotatable bonds is 4. The third-order valence-electron chi connectivity index (χ3n) is 3.23. The zero-order chi connectivity index (χ0) is 15.6. The van der Waals surface area contributed by atoms with Crippen LogP contribution in [0.15, 0.2) is 12.4 Å². The first-order chi connectivity index (χ1) is 9.93. The summed E-state index contributed by atoms with van der Waals surface area (Å²) < 4.78 is 3.09. The molecule has 2 aromatic heterocycles. The van der Waals surface area contributed by atoms with Gasteiger partial charge in [0.1, 0.15) is 5.69 Å². The van der Waals surface area contributed by atoms with E-state index in [1.54, 1.807) is 31.9 Å². The molecule has 0 atom stereocenters. The SMILES string of the molecule is CCC(=O)Nc1cnn(C)c1C(=O)Nc1cnn(C)c1C. The van der Waals surface area contributed by atoms with Gasteiger partial charge < -0.3 is 10.6 Å². The van der Waals surface area contributed by atoms with E-state index >= 15 is 0 Å². The van der Waals surface area contributed by atoms with E-state index in [1.165, 1.54) is 10.9 Å². The predicted molar refractivity (Wildman–Crippen MR) is 78.0 cm³/mol. The Morgan fingerprint density at radius 1 is 1.10 bits per heavy atom. The minimum absolute atomic E-state index is 0.172. The smallest absolute Gasteiger partial charge is 0.276 e. The van der Waals surface area contributed by atoms with E-state index in [4.69, 9.17) is 0 Å². The Kier molecular flexibility index (Phi) is 4.06. The van der Waals surface area contributed by atoms with Crippen molar-refractivity contribution < 1.29 is 9.59 Å². The second-order valence-corrected chi connectivity index (χ2v) is 4.65. The van der Waals surface area contributed by atoms with Gasteiger partial charge in [-0.1, -0.05) is 6.92 Å². The summed E-state index contributed by atoms with van der Waals surface area (Å²) in [5, 5.41) is 13.5. The Morgan fingerprint density at radius 2 is 1.71 bits per heavy atom. The van der Waals surface area contributed by atoms with Gasteiger partial charge in [-0.25, -0.2) is 0 Å². The van der Waals surface area contributed by atoms with Crippen LogP contribution in [0.2, 0.25) is 0 Å². The van der Waals surface area contributed by atoms with E-state index in [-0.39, 0.29) is 11.8 Å². The highest BCUT2D eigenvalue weighted by Crippen LogP contribution is 2.18. The molecule has 2 amide bonds. The summed E-state index contributed by atoms with van der Waals surface area (Å²) in [6.45, 7) is 3.59. The fourth-order valence-corrected chi connectivity index (χ4v) is 1.84. The third-order valence-corrected chi connectivity index (χ3v) is 3.23. The van der Waals surface area contributed by atoms with Gasteiger partial charge in [-0.05, 0) is 6.92 Å². The first-order valence-corrected chi connectivity index (χ1v) is 6.55. The average Bonchev–Trinajstić information content (AvgIpc) is 2.96. The largest absolute Gasteiger partial charge is 0.323 e. The quantitative estimate of drug-likeness (QED) is 0.880. The predicted octanol–water partition coefficient (Wildman–Crippen LogP) is 1.06. The lowest BCUT2D eigenvalue weighted by atomic mass is 10.3. The Bertz CT molecular complexity index is 685. The molecular weight excluding hydrogens is 272 g/mol. The van der Waals surface area contributed by atoms with Crippen LogP contribution in [0.3, 0.4) is 0 Å². The second kappa shape index (κ2) is 5.78. The number of aromatic nitrogens is 4. The van der Waals surface area contributed by atoms with Gasteiger partial charge in [-0.3, -0.25) is 19.0 Å². The number of amides is 2. The summed E-state index contributed by atoms with van der Waals surface area (Å²) in [4.78, 5) is 23.9. The monoisotopic (exact) mass is 290 g/mol. The van der Waals surface area contributed by atoms with E-state index in [1.807, 2.05) is 6.92 Å². The van der Waals surface area contributed by atoms with Crippen LogP contribution >= 0.6 is 0 Å². The van der Waals surface area contributed by atoms with E-state index < -0.39 is 0 Å². The molecule has 2 rings (SSSR count). The first kappa shape index (κ1) is 14.8. The van der Waals surface area contributed by atoms with E-state index in [0.717, 1.165) is 5.69 Å². The topological polar surface area (TPSA) is 93.8 Å². The second-order valence-electron chi connectivity index (χ2n) is 4.65. The number of hydrogen-bond acceptors (Lipinski definition) is 4. The Hall–Kier alpha value is -2.64. The van der Waals surface area contributed by atoms with Gasteiger partial charge >= 0.3 is 0 Å². The van der Waals surface area contributed by atoms with Gasteiger partial charge in [0.05, 0.1) is 29.5 Å². The molecule has 0 aromatic carbocycles. The molecule has 8 nitrogen and oxygen atoms in total. The standard InChI is InChI=1S/C13H18N6O2/c1-5-11(20)16-10-7-15-19(4)12(10)13(21)17-9-6-14-18(3)8(9)2/h6-7H,5H2,1-4H3,(H,16,20)(H,17,21). The van der Waals surface area contributed by atoms with Crippen LogP contribution in [0.1, 0.15) is 29.5 Å². The molecule has 112 valence electrons. The van der Waals surface area contributed by atoms with Crippen molar-refractivity contribution in [2.75, 3.05) is 10.6 Å². The number of nitrogens with zero attached hydrogens (tertiary/aromatic N) is 4. The summed E-state index contributed by atoms with van der Waals surface area (Å²) in [5.41, 5.74) is 2.14. The van der Waals surface area contributed by atoms with Crippen LogP contribution in [0, 0.1) is 6.92 Å². The van der Waals surface area contributed by atoms with Crippen LogP contribution in [-0.4, -0.2) is 31.4 Å². The van der Waals surface area contributed by atoms with Crippen molar-refractivity contribution in [1.29, 1.82) is 0 Å². The Morgan fingerprint density at radius 3 is 2.29 bits per heavy atom. The van der Waals surface area contributed by atoms with Crippen molar-refractivity contribution in [1.82, 2.24) is 19.6 Å². The highest BCUT2D eigenvalue weighted by atomic mass is 16.2. The van der Waals surface area contributed by atoms with Gasteiger partial charge in [-0.15, -0.1) is 0 Å². The van der Waals surface area contributed by atoms with Gasteiger partial charge in [-0.2, -0.15) is 10.2 Å². The van der Waals surface area contributed by atoms with Gasteiger partial charge in [0.25, 0.3) is 5.91 Å². The van der Waals surface area contributed by atoms with E-state index in [0.29, 0.717) is 23.5 Å². The van der Waals surface area contributed by atoms with Crippen molar-refractivity contribution in [2.45, 2.75) is 20.3 Å². The summed E-state index contributed by atoms with van der Waals surface area (Å²) in [5.74, 6) is -0.521. The fraction of sp³-hybridized carbons (Fsp3) is 0.385. The molecule has 0 fully saturated rings. The molecule has 0 aliphatic rings. The summed E-state index contributed by atoms with van der Waals surface area (Å²) >= 11 is 0. The lowest BCUT2D eigenvalue weighted by molar-refractivity contribution is -0.115.